The number of aromatic nitrogens is 1. The van der Waals surface area contributed by atoms with Crippen molar-refractivity contribution in [3.8, 4) is 22.6 Å². The monoisotopic (exact) mass is 474 g/mol. The number of amides is 1. The van der Waals surface area contributed by atoms with Gasteiger partial charge in [-0.3, -0.25) is 4.98 Å². The molecule has 0 saturated heterocycles. The highest BCUT2D eigenvalue weighted by Crippen LogP contribution is 2.34. The summed E-state index contributed by atoms with van der Waals surface area (Å²) in [5.41, 5.74) is 2.29. The number of benzene rings is 2. The summed E-state index contributed by atoms with van der Waals surface area (Å²) in [5, 5.41) is 2.78. The Balaban J connectivity index is 1.49. The van der Waals surface area contributed by atoms with Gasteiger partial charge in [-0.2, -0.15) is 0 Å². The summed E-state index contributed by atoms with van der Waals surface area (Å²) >= 11 is 0. The third-order valence-corrected chi connectivity index (χ3v) is 5.89. The Labute approximate surface area is 205 Å². The quantitative estimate of drug-likeness (QED) is 0.494. The molecule has 0 saturated carbocycles. The summed E-state index contributed by atoms with van der Waals surface area (Å²) < 4.78 is 16.5. The van der Waals surface area contributed by atoms with E-state index in [-0.39, 0.29) is 0 Å². The Morgan fingerprint density at radius 1 is 0.971 bits per heavy atom. The summed E-state index contributed by atoms with van der Waals surface area (Å²) in [5.74, 6) is 0.954. The molecule has 182 valence electrons. The molecule has 1 aromatic heterocycles. The second-order valence-electron chi connectivity index (χ2n) is 9.68. The number of nitrogens with one attached hydrogen (secondary N) is 1. The predicted octanol–water partition coefficient (Wildman–Crippen LogP) is 5.47. The molecule has 7 heteroatoms. The Hall–Kier alpha value is -3.87. The number of carbonyl (C=O) groups is 2. The molecule has 4 rings (SSSR count). The van der Waals surface area contributed by atoms with Crippen molar-refractivity contribution in [3.63, 3.8) is 0 Å². The first-order chi connectivity index (χ1) is 16.7. The minimum absolute atomic E-state index is 0.314. The number of nitrogens with zero attached hydrogens (tertiary/aromatic N) is 1. The van der Waals surface area contributed by atoms with E-state index in [0.29, 0.717) is 25.0 Å². The molecular weight excluding hydrogens is 444 g/mol. The summed E-state index contributed by atoms with van der Waals surface area (Å²) in [6.45, 7) is 5.34. The minimum atomic E-state index is -1.17. The van der Waals surface area contributed by atoms with Crippen molar-refractivity contribution in [3.05, 3.63) is 78.1 Å². The van der Waals surface area contributed by atoms with E-state index in [9.17, 15) is 9.59 Å². The molecule has 0 fully saturated rings. The van der Waals surface area contributed by atoms with Gasteiger partial charge in [-0.25, -0.2) is 9.59 Å². The van der Waals surface area contributed by atoms with E-state index >= 15 is 0 Å². The third kappa shape index (κ3) is 5.80. The minimum Gasteiger partial charge on any atom is -0.467 e. The first kappa shape index (κ1) is 24.3. The molecule has 1 aliphatic carbocycles. The van der Waals surface area contributed by atoms with Gasteiger partial charge in [0, 0.05) is 18.8 Å². The third-order valence-electron chi connectivity index (χ3n) is 5.89. The second-order valence-corrected chi connectivity index (χ2v) is 9.68. The molecule has 1 aliphatic rings. The Morgan fingerprint density at radius 3 is 2.37 bits per heavy atom. The van der Waals surface area contributed by atoms with Crippen molar-refractivity contribution >= 4 is 12.1 Å². The zero-order valence-corrected chi connectivity index (χ0v) is 20.5. The Bertz CT molecular complexity index is 1200. The van der Waals surface area contributed by atoms with Crippen molar-refractivity contribution < 1.29 is 23.8 Å². The van der Waals surface area contributed by atoms with Gasteiger partial charge in [-0.15, -0.1) is 0 Å². The van der Waals surface area contributed by atoms with Crippen LogP contribution in [0.1, 0.15) is 38.3 Å². The molecule has 7 nitrogen and oxygen atoms in total. The van der Waals surface area contributed by atoms with Crippen LogP contribution in [0.15, 0.2) is 67.0 Å². The second kappa shape index (κ2) is 9.78. The van der Waals surface area contributed by atoms with Crippen LogP contribution in [-0.2, 0) is 27.1 Å². The maximum absolute atomic E-state index is 12.7. The highest BCUT2D eigenvalue weighted by molar-refractivity contribution is 5.86. The van der Waals surface area contributed by atoms with Crippen LogP contribution in [0, 0.1) is 0 Å². The number of aryl methyl sites for hydroxylation is 1. The maximum Gasteiger partial charge on any atom is 0.408 e. The van der Waals surface area contributed by atoms with Gasteiger partial charge in [0.1, 0.15) is 22.6 Å². The molecule has 1 heterocycles. The van der Waals surface area contributed by atoms with Crippen LogP contribution in [0.5, 0.6) is 11.5 Å². The fourth-order valence-electron chi connectivity index (χ4n) is 4.24. The standard InChI is InChI=1S/C28H30N2O5/c1-27(2,3)35-26(32)30-28(25(31)33-4)14-13-20-16-24(12-9-21(20)17-28)34-23-10-7-19(8-11-23)22-6-5-15-29-18-22/h5-12,15-16,18H,13-14,17H2,1-4H3,(H,30,32). The number of hydrogen-bond acceptors (Lipinski definition) is 6. The fraction of sp³-hybridized carbons (Fsp3) is 0.321. The lowest BCUT2D eigenvalue weighted by molar-refractivity contribution is -0.149. The number of methoxy groups -OCH3 is 1. The average Bonchev–Trinajstić information content (AvgIpc) is 2.83. The molecule has 0 aliphatic heterocycles. The summed E-state index contributed by atoms with van der Waals surface area (Å²) in [4.78, 5) is 29.3. The van der Waals surface area contributed by atoms with E-state index < -0.39 is 23.2 Å². The number of pyridine rings is 1. The SMILES string of the molecule is COC(=O)C1(NC(=O)OC(C)(C)C)CCc2cc(Oc3ccc(-c4cccnc4)cc3)ccc2C1. The normalized spacial score (nSPS) is 17.1. The van der Waals surface area contributed by atoms with E-state index in [1.165, 1.54) is 7.11 Å². The number of carbonyl (C=O) groups excluding carboxylic acids is 2. The lowest BCUT2D eigenvalue weighted by Gasteiger charge is -2.36. The molecule has 2 aromatic carbocycles. The zero-order valence-electron chi connectivity index (χ0n) is 20.5. The molecule has 0 spiro atoms. The van der Waals surface area contributed by atoms with Crippen LogP contribution >= 0.6 is 0 Å². The van der Waals surface area contributed by atoms with Gasteiger partial charge in [0.25, 0.3) is 0 Å². The number of fused-ring (bicyclic) bond motifs is 1. The molecule has 1 amide bonds. The predicted molar refractivity (Wildman–Crippen MR) is 132 cm³/mol. The number of alkyl carbamates (subject to hydrolysis) is 1. The van der Waals surface area contributed by atoms with Gasteiger partial charge in [-0.05, 0) is 86.2 Å². The van der Waals surface area contributed by atoms with Gasteiger partial charge in [0.15, 0.2) is 0 Å². The average molecular weight is 475 g/mol. The van der Waals surface area contributed by atoms with E-state index in [1.54, 1.807) is 27.0 Å². The number of ether oxygens (including phenoxy) is 3. The van der Waals surface area contributed by atoms with Crippen LogP contribution in [0.3, 0.4) is 0 Å². The maximum atomic E-state index is 12.7. The van der Waals surface area contributed by atoms with Gasteiger partial charge >= 0.3 is 12.1 Å². The van der Waals surface area contributed by atoms with Crippen molar-refractivity contribution in [2.75, 3.05) is 7.11 Å². The van der Waals surface area contributed by atoms with Gasteiger partial charge < -0.3 is 19.5 Å². The smallest absolute Gasteiger partial charge is 0.408 e. The summed E-state index contributed by atoms with van der Waals surface area (Å²) in [6, 6.07) is 17.6. The molecular formula is C28H30N2O5. The lowest BCUT2D eigenvalue weighted by Crippen LogP contribution is -2.59. The van der Waals surface area contributed by atoms with E-state index in [4.69, 9.17) is 14.2 Å². The molecule has 3 aromatic rings. The van der Waals surface area contributed by atoms with Crippen molar-refractivity contribution in [1.29, 1.82) is 0 Å². The molecule has 1 atom stereocenters. The van der Waals surface area contributed by atoms with Crippen molar-refractivity contribution in [1.82, 2.24) is 10.3 Å². The first-order valence-electron chi connectivity index (χ1n) is 11.6. The van der Waals surface area contributed by atoms with Crippen LogP contribution < -0.4 is 10.1 Å². The van der Waals surface area contributed by atoms with Gasteiger partial charge in [-0.1, -0.05) is 24.3 Å². The lowest BCUT2D eigenvalue weighted by atomic mass is 9.78. The van der Waals surface area contributed by atoms with Crippen LogP contribution in [0.25, 0.3) is 11.1 Å². The zero-order chi connectivity index (χ0) is 25.1. The van der Waals surface area contributed by atoms with Crippen LogP contribution in [0.4, 0.5) is 4.79 Å². The van der Waals surface area contributed by atoms with Crippen molar-refractivity contribution in [2.24, 2.45) is 0 Å². The van der Waals surface area contributed by atoms with E-state index in [1.807, 2.05) is 60.8 Å². The summed E-state index contributed by atoms with van der Waals surface area (Å²) in [6.07, 6.45) is 4.23. The Kier molecular flexibility index (Phi) is 6.78. The topological polar surface area (TPSA) is 86.8 Å². The van der Waals surface area contributed by atoms with Gasteiger partial charge in [0.05, 0.1) is 7.11 Å². The van der Waals surface area contributed by atoms with E-state index in [2.05, 4.69) is 10.3 Å². The van der Waals surface area contributed by atoms with Crippen LogP contribution in [0.2, 0.25) is 0 Å². The van der Waals surface area contributed by atoms with Crippen LogP contribution in [-0.4, -0.2) is 35.3 Å². The Morgan fingerprint density at radius 2 is 1.71 bits per heavy atom. The molecule has 35 heavy (non-hydrogen) atoms. The van der Waals surface area contributed by atoms with Crippen molar-refractivity contribution in [2.45, 2.75) is 51.2 Å². The molecule has 0 bridgehead atoms. The first-order valence-corrected chi connectivity index (χ1v) is 11.6. The highest BCUT2D eigenvalue weighted by atomic mass is 16.6. The van der Waals surface area contributed by atoms with E-state index in [0.717, 1.165) is 28.0 Å². The molecule has 0 radical (unpaired) electrons. The fourth-order valence-corrected chi connectivity index (χ4v) is 4.24. The highest BCUT2D eigenvalue weighted by Gasteiger charge is 2.44. The number of rotatable bonds is 5. The van der Waals surface area contributed by atoms with Gasteiger partial charge in [0.2, 0.25) is 0 Å². The molecule has 1 N–H and O–H groups in total. The largest absolute Gasteiger partial charge is 0.467 e. The number of hydrogen-bond donors (Lipinski definition) is 1. The molecule has 1 unspecified atom stereocenters. The number of esters is 1. The summed E-state index contributed by atoms with van der Waals surface area (Å²) in [7, 11) is 1.33.